The summed E-state index contributed by atoms with van der Waals surface area (Å²) in [6, 6.07) is 0. The quantitative estimate of drug-likeness (QED) is 0.625. The number of aryl methyl sites for hydroxylation is 2. The fraction of sp³-hybridized carbons (Fsp3) is 0.800. The van der Waals surface area contributed by atoms with Crippen molar-refractivity contribution in [3.05, 3.63) is 17.7 Å². The van der Waals surface area contributed by atoms with E-state index in [1.807, 2.05) is 13.1 Å². The number of imidazole rings is 1. The van der Waals surface area contributed by atoms with E-state index in [1.165, 1.54) is 44.3 Å². The zero-order chi connectivity index (χ0) is 13.2. The third-order valence-electron chi connectivity index (χ3n) is 3.52. The first-order chi connectivity index (χ1) is 8.76. The molecular formula is C15H29N3. The summed E-state index contributed by atoms with van der Waals surface area (Å²) >= 11 is 0. The van der Waals surface area contributed by atoms with E-state index in [1.54, 1.807) is 0 Å². The standard InChI is InChI=1S/C15H29N3/c1-4-6-8-14(5-2)11-16-10-7-9-15-12-17-13(3)18-15/h12,14,16H,4-11H2,1-3H3,(H,17,18). The molecule has 1 atom stereocenters. The zero-order valence-corrected chi connectivity index (χ0v) is 12.3. The predicted octanol–water partition coefficient (Wildman–Crippen LogP) is 3.46. The zero-order valence-electron chi connectivity index (χ0n) is 12.3. The van der Waals surface area contributed by atoms with Crippen molar-refractivity contribution in [2.45, 2.75) is 59.3 Å². The van der Waals surface area contributed by atoms with Gasteiger partial charge in [-0.05, 0) is 45.2 Å². The first kappa shape index (κ1) is 15.2. The summed E-state index contributed by atoms with van der Waals surface area (Å²) in [6.07, 6.45) is 9.62. The molecule has 0 aliphatic rings. The third kappa shape index (κ3) is 6.20. The molecule has 2 N–H and O–H groups in total. The molecule has 18 heavy (non-hydrogen) atoms. The van der Waals surface area contributed by atoms with Gasteiger partial charge in [0.15, 0.2) is 0 Å². The minimum Gasteiger partial charge on any atom is -0.349 e. The fourth-order valence-corrected chi connectivity index (χ4v) is 2.24. The van der Waals surface area contributed by atoms with Crippen LogP contribution in [0.3, 0.4) is 0 Å². The van der Waals surface area contributed by atoms with Crippen LogP contribution in [0.4, 0.5) is 0 Å². The molecule has 1 heterocycles. The Morgan fingerprint density at radius 3 is 2.78 bits per heavy atom. The maximum absolute atomic E-state index is 4.42. The smallest absolute Gasteiger partial charge is 0.103 e. The van der Waals surface area contributed by atoms with Crippen LogP contribution >= 0.6 is 0 Å². The highest BCUT2D eigenvalue weighted by atomic mass is 14.9. The molecule has 0 amide bonds. The van der Waals surface area contributed by atoms with E-state index in [-0.39, 0.29) is 0 Å². The average Bonchev–Trinajstić information content (AvgIpc) is 2.78. The van der Waals surface area contributed by atoms with E-state index in [2.05, 4.69) is 29.1 Å². The Labute approximate surface area is 112 Å². The first-order valence-electron chi connectivity index (χ1n) is 7.47. The SMILES string of the molecule is CCCCC(CC)CNCCCc1c[nH]c(C)n1. The molecule has 1 rings (SSSR count). The van der Waals surface area contributed by atoms with Crippen LogP contribution in [0, 0.1) is 12.8 Å². The predicted molar refractivity (Wildman–Crippen MR) is 77.8 cm³/mol. The lowest BCUT2D eigenvalue weighted by Crippen LogP contribution is -2.24. The summed E-state index contributed by atoms with van der Waals surface area (Å²) in [4.78, 5) is 7.55. The molecule has 0 bridgehead atoms. The van der Waals surface area contributed by atoms with Crippen LogP contribution in [0.25, 0.3) is 0 Å². The molecule has 0 spiro atoms. The lowest BCUT2D eigenvalue weighted by Gasteiger charge is -2.15. The van der Waals surface area contributed by atoms with Gasteiger partial charge in [-0.1, -0.05) is 33.1 Å². The second-order valence-electron chi connectivity index (χ2n) is 5.20. The summed E-state index contributed by atoms with van der Waals surface area (Å²) in [7, 11) is 0. The highest BCUT2D eigenvalue weighted by Crippen LogP contribution is 2.11. The van der Waals surface area contributed by atoms with Crippen LogP contribution in [0.5, 0.6) is 0 Å². The molecule has 0 aliphatic carbocycles. The number of aromatic amines is 1. The van der Waals surface area contributed by atoms with Gasteiger partial charge in [0.05, 0.1) is 5.69 Å². The molecule has 1 aromatic heterocycles. The van der Waals surface area contributed by atoms with E-state index >= 15 is 0 Å². The molecule has 0 saturated heterocycles. The lowest BCUT2D eigenvalue weighted by atomic mass is 9.99. The van der Waals surface area contributed by atoms with Crippen molar-refractivity contribution >= 4 is 0 Å². The van der Waals surface area contributed by atoms with Gasteiger partial charge in [0.2, 0.25) is 0 Å². The lowest BCUT2D eigenvalue weighted by molar-refractivity contribution is 0.418. The third-order valence-corrected chi connectivity index (χ3v) is 3.52. The Balaban J connectivity index is 2.03. The minimum absolute atomic E-state index is 0.859. The first-order valence-corrected chi connectivity index (χ1v) is 7.47. The van der Waals surface area contributed by atoms with Crippen molar-refractivity contribution in [2.24, 2.45) is 5.92 Å². The topological polar surface area (TPSA) is 40.7 Å². The second kappa shape index (κ2) is 9.15. The number of aromatic nitrogens is 2. The molecule has 0 radical (unpaired) electrons. The van der Waals surface area contributed by atoms with Gasteiger partial charge in [-0.15, -0.1) is 0 Å². The van der Waals surface area contributed by atoms with Crippen molar-refractivity contribution in [1.82, 2.24) is 15.3 Å². The summed E-state index contributed by atoms with van der Waals surface area (Å²) in [5.74, 6) is 1.88. The maximum atomic E-state index is 4.42. The Hall–Kier alpha value is -0.830. The van der Waals surface area contributed by atoms with Gasteiger partial charge in [0.1, 0.15) is 5.82 Å². The number of nitrogens with one attached hydrogen (secondary N) is 2. The number of H-pyrrole nitrogens is 1. The number of rotatable bonds is 10. The van der Waals surface area contributed by atoms with Crippen molar-refractivity contribution in [2.75, 3.05) is 13.1 Å². The Morgan fingerprint density at radius 1 is 1.33 bits per heavy atom. The Kier molecular flexibility index (Phi) is 7.74. The van der Waals surface area contributed by atoms with E-state index in [4.69, 9.17) is 0 Å². The molecule has 1 aromatic rings. The largest absolute Gasteiger partial charge is 0.349 e. The summed E-state index contributed by atoms with van der Waals surface area (Å²) < 4.78 is 0. The summed E-state index contributed by atoms with van der Waals surface area (Å²) in [5.41, 5.74) is 1.19. The van der Waals surface area contributed by atoms with Crippen molar-refractivity contribution in [1.29, 1.82) is 0 Å². The molecule has 0 aliphatic heterocycles. The number of hydrogen-bond acceptors (Lipinski definition) is 2. The van der Waals surface area contributed by atoms with Crippen LogP contribution in [-0.2, 0) is 6.42 Å². The van der Waals surface area contributed by atoms with Crippen LogP contribution in [0.2, 0.25) is 0 Å². The summed E-state index contributed by atoms with van der Waals surface area (Å²) in [5, 5.41) is 3.58. The molecule has 3 heteroatoms. The average molecular weight is 251 g/mol. The van der Waals surface area contributed by atoms with Crippen molar-refractivity contribution in [3.8, 4) is 0 Å². The van der Waals surface area contributed by atoms with E-state index in [0.717, 1.165) is 24.7 Å². The molecular weight excluding hydrogens is 222 g/mol. The van der Waals surface area contributed by atoms with Gasteiger partial charge < -0.3 is 10.3 Å². The van der Waals surface area contributed by atoms with Crippen LogP contribution in [0.1, 0.15) is 57.5 Å². The normalized spacial score (nSPS) is 12.8. The second-order valence-corrected chi connectivity index (χ2v) is 5.20. The van der Waals surface area contributed by atoms with E-state index in [9.17, 15) is 0 Å². The van der Waals surface area contributed by atoms with Gasteiger partial charge in [0, 0.05) is 6.20 Å². The Morgan fingerprint density at radius 2 is 2.17 bits per heavy atom. The highest BCUT2D eigenvalue weighted by Gasteiger charge is 2.04. The van der Waals surface area contributed by atoms with Crippen molar-refractivity contribution < 1.29 is 0 Å². The van der Waals surface area contributed by atoms with Crippen LogP contribution in [-0.4, -0.2) is 23.1 Å². The van der Waals surface area contributed by atoms with Crippen molar-refractivity contribution in [3.63, 3.8) is 0 Å². The van der Waals surface area contributed by atoms with Gasteiger partial charge in [-0.25, -0.2) is 4.98 Å². The maximum Gasteiger partial charge on any atom is 0.103 e. The van der Waals surface area contributed by atoms with Gasteiger partial charge in [0.25, 0.3) is 0 Å². The highest BCUT2D eigenvalue weighted by molar-refractivity contribution is 4.99. The van der Waals surface area contributed by atoms with Crippen LogP contribution in [0.15, 0.2) is 6.20 Å². The molecule has 0 fully saturated rings. The van der Waals surface area contributed by atoms with E-state index < -0.39 is 0 Å². The number of unbranched alkanes of at least 4 members (excludes halogenated alkanes) is 1. The minimum atomic E-state index is 0.859. The molecule has 0 aromatic carbocycles. The molecule has 104 valence electrons. The van der Waals surface area contributed by atoms with Crippen LogP contribution < -0.4 is 5.32 Å². The Bertz CT molecular complexity index is 306. The molecule has 0 saturated carbocycles. The number of nitrogens with zero attached hydrogens (tertiary/aromatic N) is 1. The van der Waals surface area contributed by atoms with E-state index in [0.29, 0.717) is 0 Å². The summed E-state index contributed by atoms with van der Waals surface area (Å²) in [6.45, 7) is 8.85. The van der Waals surface area contributed by atoms with Gasteiger partial charge in [-0.3, -0.25) is 0 Å². The fourth-order valence-electron chi connectivity index (χ4n) is 2.24. The molecule has 3 nitrogen and oxygen atoms in total. The van der Waals surface area contributed by atoms with Gasteiger partial charge in [-0.2, -0.15) is 0 Å². The monoisotopic (exact) mass is 251 g/mol. The molecule has 1 unspecified atom stereocenters. The van der Waals surface area contributed by atoms with Gasteiger partial charge >= 0.3 is 0 Å². The number of hydrogen-bond donors (Lipinski definition) is 2.